The molecular formula is C7H6N4O2S. The van der Waals surface area contributed by atoms with Crippen molar-refractivity contribution in [1.82, 2.24) is 20.2 Å². The van der Waals surface area contributed by atoms with Crippen molar-refractivity contribution in [3.05, 3.63) is 16.8 Å². The Balaban J connectivity index is 2.35. The van der Waals surface area contributed by atoms with Crippen molar-refractivity contribution in [2.45, 2.75) is 6.54 Å². The zero-order valence-electron chi connectivity index (χ0n) is 6.99. The van der Waals surface area contributed by atoms with Crippen LogP contribution in [0.5, 0.6) is 0 Å². The predicted octanol–water partition coefficient (Wildman–Crippen LogP) is 0.486. The van der Waals surface area contributed by atoms with Crippen molar-refractivity contribution in [2.75, 3.05) is 0 Å². The minimum Gasteiger partial charge on any atom is -0.480 e. The topological polar surface area (TPSA) is 80.9 Å². The van der Waals surface area contributed by atoms with Gasteiger partial charge >= 0.3 is 5.97 Å². The Bertz CT molecular complexity index is 436. The second kappa shape index (κ2) is 3.54. The van der Waals surface area contributed by atoms with Gasteiger partial charge in [0.05, 0.1) is 0 Å². The SMILES string of the molecule is O=C(O)Cn1nnnc1-c1ccsc1. The van der Waals surface area contributed by atoms with Crippen LogP contribution in [-0.2, 0) is 11.3 Å². The Labute approximate surface area is 82.8 Å². The van der Waals surface area contributed by atoms with Gasteiger partial charge in [-0.15, -0.1) is 5.10 Å². The van der Waals surface area contributed by atoms with Crippen LogP contribution in [0.15, 0.2) is 16.8 Å². The summed E-state index contributed by atoms with van der Waals surface area (Å²) in [5, 5.41) is 23.1. The number of tetrazole rings is 1. The van der Waals surface area contributed by atoms with E-state index in [2.05, 4.69) is 15.5 Å². The third-order valence-corrected chi connectivity index (χ3v) is 2.28. The molecule has 0 spiro atoms. The lowest BCUT2D eigenvalue weighted by atomic mass is 10.3. The zero-order chi connectivity index (χ0) is 9.97. The highest BCUT2D eigenvalue weighted by molar-refractivity contribution is 7.08. The lowest BCUT2D eigenvalue weighted by Gasteiger charge is -1.97. The fourth-order valence-electron chi connectivity index (χ4n) is 1.04. The molecule has 72 valence electrons. The zero-order valence-corrected chi connectivity index (χ0v) is 7.81. The number of rotatable bonds is 3. The maximum atomic E-state index is 10.5. The van der Waals surface area contributed by atoms with E-state index >= 15 is 0 Å². The standard InChI is InChI=1S/C7H6N4O2S/c12-6(13)3-11-7(8-9-10-11)5-1-2-14-4-5/h1-2,4H,3H2,(H,12,13). The Morgan fingerprint density at radius 2 is 2.50 bits per heavy atom. The molecule has 2 rings (SSSR count). The molecule has 0 radical (unpaired) electrons. The minimum atomic E-state index is -0.964. The summed E-state index contributed by atoms with van der Waals surface area (Å²) in [5.41, 5.74) is 0.834. The largest absolute Gasteiger partial charge is 0.480 e. The summed E-state index contributed by atoms with van der Waals surface area (Å²) >= 11 is 1.51. The molecule has 2 aromatic rings. The molecule has 0 aliphatic rings. The number of nitrogens with zero attached hydrogens (tertiary/aromatic N) is 4. The Morgan fingerprint density at radius 1 is 1.64 bits per heavy atom. The molecule has 6 nitrogen and oxygen atoms in total. The monoisotopic (exact) mass is 210 g/mol. The highest BCUT2D eigenvalue weighted by Gasteiger charge is 2.11. The van der Waals surface area contributed by atoms with E-state index in [1.165, 1.54) is 16.0 Å². The van der Waals surface area contributed by atoms with Crippen molar-refractivity contribution in [3.8, 4) is 11.4 Å². The van der Waals surface area contributed by atoms with E-state index < -0.39 is 5.97 Å². The maximum absolute atomic E-state index is 10.5. The summed E-state index contributed by atoms with van der Waals surface area (Å²) < 4.78 is 1.25. The quantitative estimate of drug-likeness (QED) is 0.797. The Morgan fingerprint density at radius 3 is 3.14 bits per heavy atom. The molecule has 14 heavy (non-hydrogen) atoms. The van der Waals surface area contributed by atoms with Crippen LogP contribution in [0.3, 0.4) is 0 Å². The highest BCUT2D eigenvalue weighted by atomic mass is 32.1. The Kier molecular flexibility index (Phi) is 2.23. The van der Waals surface area contributed by atoms with Crippen LogP contribution in [0.2, 0.25) is 0 Å². The molecular weight excluding hydrogens is 204 g/mol. The number of hydrogen-bond donors (Lipinski definition) is 1. The van der Waals surface area contributed by atoms with Crippen LogP contribution < -0.4 is 0 Å². The van der Waals surface area contributed by atoms with Gasteiger partial charge in [0.2, 0.25) is 0 Å². The van der Waals surface area contributed by atoms with Crippen LogP contribution in [-0.4, -0.2) is 31.3 Å². The van der Waals surface area contributed by atoms with E-state index in [0.29, 0.717) is 5.82 Å². The molecule has 0 unspecified atom stereocenters. The predicted molar refractivity (Wildman–Crippen MR) is 48.8 cm³/mol. The molecule has 2 heterocycles. The van der Waals surface area contributed by atoms with Gasteiger partial charge < -0.3 is 5.11 Å². The lowest BCUT2D eigenvalue weighted by molar-refractivity contribution is -0.137. The number of aliphatic carboxylic acids is 1. The van der Waals surface area contributed by atoms with Gasteiger partial charge in [0, 0.05) is 10.9 Å². The molecule has 0 saturated carbocycles. The van der Waals surface area contributed by atoms with Gasteiger partial charge in [-0.1, -0.05) is 0 Å². The van der Waals surface area contributed by atoms with Crippen molar-refractivity contribution < 1.29 is 9.90 Å². The van der Waals surface area contributed by atoms with Crippen molar-refractivity contribution in [2.24, 2.45) is 0 Å². The average Bonchev–Trinajstić information content (AvgIpc) is 2.70. The van der Waals surface area contributed by atoms with Gasteiger partial charge in [-0.2, -0.15) is 11.3 Å². The molecule has 0 fully saturated rings. The van der Waals surface area contributed by atoms with E-state index in [1.807, 2.05) is 16.8 Å². The van der Waals surface area contributed by atoms with Gasteiger partial charge in [0.1, 0.15) is 6.54 Å². The fraction of sp³-hybridized carbons (Fsp3) is 0.143. The molecule has 0 aromatic carbocycles. The molecule has 0 atom stereocenters. The molecule has 2 aromatic heterocycles. The summed E-state index contributed by atoms with van der Waals surface area (Å²) in [4.78, 5) is 10.5. The molecule has 0 aliphatic carbocycles. The highest BCUT2D eigenvalue weighted by Crippen LogP contribution is 2.18. The molecule has 0 saturated heterocycles. The first-order valence-corrected chi connectivity index (χ1v) is 4.72. The van der Waals surface area contributed by atoms with Crippen LogP contribution in [0.1, 0.15) is 0 Å². The second-order valence-corrected chi connectivity index (χ2v) is 3.35. The second-order valence-electron chi connectivity index (χ2n) is 2.57. The van der Waals surface area contributed by atoms with Gasteiger partial charge in [0.15, 0.2) is 5.82 Å². The van der Waals surface area contributed by atoms with E-state index in [-0.39, 0.29) is 6.54 Å². The van der Waals surface area contributed by atoms with Gasteiger partial charge in [-0.05, 0) is 21.9 Å². The first kappa shape index (κ1) is 8.82. The smallest absolute Gasteiger partial charge is 0.325 e. The van der Waals surface area contributed by atoms with Crippen LogP contribution >= 0.6 is 11.3 Å². The maximum Gasteiger partial charge on any atom is 0.325 e. The molecule has 0 bridgehead atoms. The number of carbonyl (C=O) groups is 1. The van der Waals surface area contributed by atoms with Crippen molar-refractivity contribution in [1.29, 1.82) is 0 Å². The third-order valence-electron chi connectivity index (χ3n) is 1.60. The normalized spacial score (nSPS) is 10.3. The summed E-state index contributed by atoms with van der Waals surface area (Å²) in [7, 11) is 0. The van der Waals surface area contributed by atoms with Crippen LogP contribution in [0.25, 0.3) is 11.4 Å². The fourth-order valence-corrected chi connectivity index (χ4v) is 1.67. The summed E-state index contributed by atoms with van der Waals surface area (Å²) in [6, 6.07) is 1.84. The van der Waals surface area contributed by atoms with Crippen LogP contribution in [0.4, 0.5) is 0 Å². The number of aromatic nitrogens is 4. The van der Waals surface area contributed by atoms with Crippen molar-refractivity contribution in [3.63, 3.8) is 0 Å². The molecule has 1 N–H and O–H groups in total. The summed E-state index contributed by atoms with van der Waals surface area (Å²) in [6.45, 7) is -0.224. The first-order chi connectivity index (χ1) is 6.77. The van der Waals surface area contributed by atoms with Gasteiger partial charge in [0.25, 0.3) is 0 Å². The number of thiophene rings is 1. The van der Waals surface area contributed by atoms with Gasteiger partial charge in [-0.25, -0.2) is 4.68 Å². The molecule has 0 amide bonds. The molecule has 0 aliphatic heterocycles. The summed E-state index contributed by atoms with van der Waals surface area (Å²) in [5.74, 6) is -0.484. The third kappa shape index (κ3) is 1.62. The van der Waals surface area contributed by atoms with Crippen LogP contribution in [0, 0.1) is 0 Å². The number of carboxylic acids is 1. The van der Waals surface area contributed by atoms with E-state index in [0.717, 1.165) is 5.56 Å². The Hall–Kier alpha value is -1.76. The first-order valence-electron chi connectivity index (χ1n) is 3.78. The van der Waals surface area contributed by atoms with E-state index in [9.17, 15) is 4.79 Å². The average molecular weight is 210 g/mol. The number of carboxylic acid groups (broad SMARTS) is 1. The minimum absolute atomic E-state index is 0.224. The van der Waals surface area contributed by atoms with E-state index in [1.54, 1.807) is 0 Å². The number of hydrogen-bond acceptors (Lipinski definition) is 5. The lowest BCUT2D eigenvalue weighted by Crippen LogP contribution is -2.11. The van der Waals surface area contributed by atoms with E-state index in [4.69, 9.17) is 5.11 Å². The summed E-state index contributed by atoms with van der Waals surface area (Å²) in [6.07, 6.45) is 0. The molecule has 7 heteroatoms. The van der Waals surface area contributed by atoms with Gasteiger partial charge in [-0.3, -0.25) is 4.79 Å². The van der Waals surface area contributed by atoms with Crippen molar-refractivity contribution >= 4 is 17.3 Å².